The van der Waals surface area contributed by atoms with Crippen molar-refractivity contribution in [3.63, 3.8) is 0 Å². The molecule has 2 aliphatic rings. The number of ether oxygens (including phenoxy) is 3. The second kappa shape index (κ2) is 14.8. The van der Waals surface area contributed by atoms with E-state index in [0.29, 0.717) is 30.5 Å². The van der Waals surface area contributed by atoms with Crippen LogP contribution >= 0.6 is 0 Å². The lowest BCUT2D eigenvalue weighted by Crippen LogP contribution is -2.35. The summed E-state index contributed by atoms with van der Waals surface area (Å²) in [5.74, 6) is 3.53. The van der Waals surface area contributed by atoms with E-state index in [9.17, 15) is 4.79 Å². The maximum absolute atomic E-state index is 11.2. The Morgan fingerprint density at radius 2 is 1.94 bits per heavy atom. The Kier molecular flexibility index (Phi) is 11.7. The SMILES string of the molecule is C=CC(=C\N(C)C=O)/C1=C(\O/C(C)=C/C=C\C=C(/C)OC)CN=C(C2CCOCC2)NCC=C1. The molecule has 1 N–H and O–H groups in total. The number of nitrogens with one attached hydrogen (secondary N) is 1. The van der Waals surface area contributed by atoms with Gasteiger partial charge in [0.25, 0.3) is 0 Å². The molecule has 0 aromatic rings. The molecule has 184 valence electrons. The van der Waals surface area contributed by atoms with Gasteiger partial charge in [-0.25, -0.2) is 0 Å². The fourth-order valence-electron chi connectivity index (χ4n) is 3.48. The molecule has 0 atom stereocenters. The van der Waals surface area contributed by atoms with E-state index >= 15 is 0 Å². The highest BCUT2D eigenvalue weighted by molar-refractivity contribution is 5.85. The average Bonchev–Trinajstić information content (AvgIpc) is 2.96. The van der Waals surface area contributed by atoms with Crippen LogP contribution in [0.25, 0.3) is 0 Å². The van der Waals surface area contributed by atoms with Gasteiger partial charge in [-0.3, -0.25) is 9.79 Å². The van der Waals surface area contributed by atoms with Crippen LogP contribution in [-0.4, -0.2) is 57.6 Å². The zero-order valence-corrected chi connectivity index (χ0v) is 20.8. The molecule has 0 aromatic heterocycles. The average molecular weight is 468 g/mol. The molecule has 2 heterocycles. The lowest BCUT2D eigenvalue weighted by molar-refractivity contribution is -0.115. The standard InChI is InChI=1S/C27H37N3O4/c1-6-23(19-30(4)20-31)25-12-9-15-28-27(24-13-16-33-17-14-24)29-18-26(25)34-22(3)11-8-7-10-21(2)32-5/h6-12,19-20,24H,1,13-18H2,2-5H3,(H,28,29)/b8-7-,12-9?,21-10+,22-11+,23-19+,26-25-. The fourth-order valence-corrected chi connectivity index (χ4v) is 3.48. The second-order valence-corrected chi connectivity index (χ2v) is 8.01. The highest BCUT2D eigenvalue weighted by Gasteiger charge is 2.21. The van der Waals surface area contributed by atoms with Gasteiger partial charge >= 0.3 is 0 Å². The van der Waals surface area contributed by atoms with Crippen molar-refractivity contribution in [1.82, 2.24) is 10.2 Å². The molecule has 0 unspecified atom stereocenters. The third-order valence-corrected chi connectivity index (χ3v) is 5.41. The fraction of sp³-hybridized carbons (Fsp3) is 0.407. The van der Waals surface area contributed by atoms with Crippen LogP contribution in [-0.2, 0) is 19.0 Å². The van der Waals surface area contributed by atoms with Gasteiger partial charge < -0.3 is 24.4 Å². The first-order valence-electron chi connectivity index (χ1n) is 11.5. The van der Waals surface area contributed by atoms with E-state index < -0.39 is 0 Å². The molecule has 0 aliphatic carbocycles. The van der Waals surface area contributed by atoms with Crippen molar-refractivity contribution >= 4 is 12.2 Å². The van der Waals surface area contributed by atoms with Gasteiger partial charge in [-0.05, 0) is 38.8 Å². The minimum atomic E-state index is 0.343. The van der Waals surface area contributed by atoms with Gasteiger partial charge in [-0.2, -0.15) is 0 Å². The molecular weight excluding hydrogens is 430 g/mol. The molecule has 1 amide bonds. The number of amidine groups is 1. The Labute approximate surface area is 203 Å². The van der Waals surface area contributed by atoms with E-state index in [2.05, 4.69) is 11.9 Å². The van der Waals surface area contributed by atoms with Crippen LogP contribution in [0.5, 0.6) is 0 Å². The Bertz CT molecular complexity index is 916. The molecule has 2 aliphatic heterocycles. The maximum atomic E-state index is 11.2. The number of rotatable bonds is 10. The molecular formula is C27H37N3O4. The van der Waals surface area contributed by atoms with Crippen LogP contribution in [0.4, 0.5) is 0 Å². The van der Waals surface area contributed by atoms with Gasteiger partial charge in [-0.1, -0.05) is 37.0 Å². The lowest BCUT2D eigenvalue weighted by atomic mass is 9.99. The molecule has 1 saturated heterocycles. The summed E-state index contributed by atoms with van der Waals surface area (Å²) in [5, 5.41) is 3.46. The summed E-state index contributed by atoms with van der Waals surface area (Å²) in [7, 11) is 3.32. The van der Waals surface area contributed by atoms with Crippen LogP contribution in [0, 0.1) is 5.92 Å². The van der Waals surface area contributed by atoms with E-state index in [0.717, 1.165) is 55.2 Å². The topological polar surface area (TPSA) is 72.4 Å². The van der Waals surface area contributed by atoms with Gasteiger partial charge in [-0.15, -0.1) is 0 Å². The summed E-state index contributed by atoms with van der Waals surface area (Å²) in [5.41, 5.74) is 1.60. The number of aliphatic imine (C=N–C) groups is 1. The summed E-state index contributed by atoms with van der Waals surface area (Å²) in [4.78, 5) is 17.6. The van der Waals surface area contributed by atoms with Crippen LogP contribution in [0.15, 0.2) is 88.7 Å². The number of allylic oxidation sites excluding steroid dienone is 10. The van der Waals surface area contributed by atoms with Crippen LogP contribution in [0.1, 0.15) is 26.7 Å². The van der Waals surface area contributed by atoms with Gasteiger partial charge in [0.1, 0.15) is 17.4 Å². The van der Waals surface area contributed by atoms with Crippen molar-refractivity contribution in [3.05, 3.63) is 83.7 Å². The third-order valence-electron chi connectivity index (χ3n) is 5.41. The Hall–Kier alpha value is -3.32. The third kappa shape index (κ3) is 8.90. The minimum Gasteiger partial charge on any atom is -0.501 e. The number of carbonyl (C=O) groups is 1. The predicted molar refractivity (Wildman–Crippen MR) is 137 cm³/mol. The highest BCUT2D eigenvalue weighted by Crippen LogP contribution is 2.24. The molecule has 34 heavy (non-hydrogen) atoms. The molecule has 2 rings (SSSR count). The van der Waals surface area contributed by atoms with Crippen molar-refractivity contribution < 1.29 is 19.0 Å². The van der Waals surface area contributed by atoms with Crippen molar-refractivity contribution in [2.45, 2.75) is 26.7 Å². The number of hydrogen-bond donors (Lipinski definition) is 1. The van der Waals surface area contributed by atoms with Gasteiger partial charge in [0.15, 0.2) is 0 Å². The normalized spacial score (nSPS) is 21.2. The number of amides is 1. The number of nitrogens with zero attached hydrogens (tertiary/aromatic N) is 2. The Balaban J connectivity index is 2.42. The van der Waals surface area contributed by atoms with Crippen LogP contribution < -0.4 is 5.32 Å². The Morgan fingerprint density at radius 3 is 2.59 bits per heavy atom. The zero-order valence-electron chi connectivity index (χ0n) is 20.8. The van der Waals surface area contributed by atoms with Crippen LogP contribution in [0.3, 0.4) is 0 Å². The first-order valence-corrected chi connectivity index (χ1v) is 11.5. The quantitative estimate of drug-likeness (QED) is 0.293. The van der Waals surface area contributed by atoms with E-state index in [-0.39, 0.29) is 0 Å². The highest BCUT2D eigenvalue weighted by atomic mass is 16.5. The first kappa shape index (κ1) is 26.9. The van der Waals surface area contributed by atoms with Gasteiger partial charge in [0, 0.05) is 50.1 Å². The molecule has 1 fully saturated rings. The second-order valence-electron chi connectivity index (χ2n) is 8.01. The van der Waals surface area contributed by atoms with E-state index in [1.165, 1.54) is 4.90 Å². The van der Waals surface area contributed by atoms with Gasteiger partial charge in [0.2, 0.25) is 6.41 Å². The predicted octanol–water partition coefficient (Wildman–Crippen LogP) is 4.41. The molecule has 7 nitrogen and oxygen atoms in total. The number of carbonyl (C=O) groups excluding carboxylic acids is 1. The summed E-state index contributed by atoms with van der Waals surface area (Å²) in [6.07, 6.45) is 17.7. The van der Waals surface area contributed by atoms with E-state index in [1.54, 1.807) is 26.4 Å². The van der Waals surface area contributed by atoms with Crippen molar-refractivity contribution in [3.8, 4) is 0 Å². The van der Waals surface area contributed by atoms with E-state index in [4.69, 9.17) is 19.2 Å². The first-order chi connectivity index (χ1) is 16.5. The minimum absolute atomic E-state index is 0.343. The molecule has 0 radical (unpaired) electrons. The van der Waals surface area contributed by atoms with Crippen molar-refractivity contribution in [2.24, 2.45) is 10.9 Å². The van der Waals surface area contributed by atoms with E-state index in [1.807, 2.05) is 50.3 Å². The van der Waals surface area contributed by atoms with Crippen LogP contribution in [0.2, 0.25) is 0 Å². The largest absolute Gasteiger partial charge is 0.501 e. The molecule has 0 aromatic carbocycles. The summed E-state index contributed by atoms with van der Waals surface area (Å²) in [6, 6.07) is 0. The molecule has 0 saturated carbocycles. The molecule has 7 heteroatoms. The van der Waals surface area contributed by atoms with Crippen molar-refractivity contribution in [2.75, 3.05) is 40.5 Å². The summed E-state index contributed by atoms with van der Waals surface area (Å²) >= 11 is 0. The Morgan fingerprint density at radius 1 is 1.24 bits per heavy atom. The zero-order chi connectivity index (χ0) is 24.8. The smallest absolute Gasteiger partial charge is 0.213 e. The monoisotopic (exact) mass is 467 g/mol. The molecule has 0 spiro atoms. The molecule has 0 bridgehead atoms. The summed E-state index contributed by atoms with van der Waals surface area (Å²) < 4.78 is 16.9. The number of methoxy groups -OCH3 is 1. The maximum Gasteiger partial charge on any atom is 0.213 e. The lowest BCUT2D eigenvalue weighted by Gasteiger charge is -2.24. The number of hydrogen-bond acceptors (Lipinski definition) is 6. The van der Waals surface area contributed by atoms with Gasteiger partial charge in [0.05, 0.1) is 19.4 Å². The van der Waals surface area contributed by atoms with Crippen molar-refractivity contribution in [1.29, 1.82) is 0 Å². The summed E-state index contributed by atoms with van der Waals surface area (Å²) in [6.45, 7) is 10.2.